The van der Waals surface area contributed by atoms with Crippen LogP contribution in [0.1, 0.15) is 54.6 Å². The Hall–Kier alpha value is -2.71. The predicted molar refractivity (Wildman–Crippen MR) is 130 cm³/mol. The summed E-state index contributed by atoms with van der Waals surface area (Å²) in [5, 5.41) is 5.81. The number of sulfonamides is 1. The highest BCUT2D eigenvalue weighted by molar-refractivity contribution is 7.88. The van der Waals surface area contributed by atoms with E-state index in [0.717, 1.165) is 17.5 Å². The number of benzene rings is 2. The van der Waals surface area contributed by atoms with Gasteiger partial charge < -0.3 is 10.6 Å². The Balaban J connectivity index is 1.59. The molecule has 0 bridgehead atoms. The van der Waals surface area contributed by atoms with Crippen LogP contribution in [0.3, 0.4) is 0 Å². The minimum Gasteiger partial charge on any atom is -0.350 e. The van der Waals surface area contributed by atoms with Crippen LogP contribution in [0.25, 0.3) is 0 Å². The van der Waals surface area contributed by atoms with E-state index >= 15 is 0 Å². The van der Waals surface area contributed by atoms with E-state index in [0.29, 0.717) is 37.2 Å². The molecule has 178 valence electrons. The van der Waals surface area contributed by atoms with Crippen LogP contribution in [0.15, 0.2) is 48.5 Å². The maximum Gasteiger partial charge on any atom is 0.253 e. The summed E-state index contributed by atoms with van der Waals surface area (Å²) in [5.41, 5.74) is 2.68. The number of rotatable bonds is 8. The molecule has 7 nitrogen and oxygen atoms in total. The molecular weight excluding hydrogens is 438 g/mol. The molecule has 0 unspecified atom stereocenters. The molecule has 8 heteroatoms. The third-order valence-electron chi connectivity index (χ3n) is 6.07. The third-order valence-corrected chi connectivity index (χ3v) is 7.92. The van der Waals surface area contributed by atoms with Gasteiger partial charge in [-0.25, -0.2) is 12.7 Å². The summed E-state index contributed by atoms with van der Waals surface area (Å²) in [6.07, 6.45) is 1.70. The molecule has 1 heterocycles. The Morgan fingerprint density at radius 3 is 2.45 bits per heavy atom. The lowest BCUT2D eigenvalue weighted by atomic mass is 9.97. The Morgan fingerprint density at radius 2 is 1.79 bits per heavy atom. The van der Waals surface area contributed by atoms with Crippen molar-refractivity contribution >= 4 is 27.5 Å². The Labute approximate surface area is 196 Å². The second kappa shape index (κ2) is 10.9. The number of hydrogen-bond donors (Lipinski definition) is 2. The molecule has 0 spiro atoms. The average Bonchev–Trinajstić information content (AvgIpc) is 2.79. The van der Waals surface area contributed by atoms with Crippen molar-refractivity contribution in [3.8, 4) is 0 Å². The van der Waals surface area contributed by atoms with E-state index in [-0.39, 0.29) is 29.5 Å². The Bertz CT molecular complexity index is 1090. The molecule has 0 radical (unpaired) electrons. The monoisotopic (exact) mass is 471 g/mol. The van der Waals surface area contributed by atoms with Crippen molar-refractivity contribution in [1.29, 1.82) is 0 Å². The third kappa shape index (κ3) is 6.65. The van der Waals surface area contributed by atoms with Crippen molar-refractivity contribution < 1.29 is 18.0 Å². The van der Waals surface area contributed by atoms with E-state index in [9.17, 15) is 18.0 Å². The van der Waals surface area contributed by atoms with E-state index in [4.69, 9.17) is 0 Å². The van der Waals surface area contributed by atoms with Crippen LogP contribution < -0.4 is 10.6 Å². The van der Waals surface area contributed by atoms with Gasteiger partial charge in [0.05, 0.1) is 17.0 Å². The molecule has 3 rings (SSSR count). The van der Waals surface area contributed by atoms with E-state index < -0.39 is 10.0 Å². The molecule has 0 saturated carbocycles. The number of aryl methyl sites for hydroxylation is 1. The second-order valence-corrected chi connectivity index (χ2v) is 10.7. The van der Waals surface area contributed by atoms with E-state index in [2.05, 4.69) is 10.6 Å². The summed E-state index contributed by atoms with van der Waals surface area (Å²) in [6.45, 7) is 6.48. The maximum atomic E-state index is 12.9. The summed E-state index contributed by atoms with van der Waals surface area (Å²) in [7, 11) is -3.44. The van der Waals surface area contributed by atoms with Crippen molar-refractivity contribution in [3.05, 3.63) is 65.2 Å². The number of amides is 2. The lowest BCUT2D eigenvalue weighted by Gasteiger charge is -2.30. The van der Waals surface area contributed by atoms with Crippen molar-refractivity contribution in [3.63, 3.8) is 0 Å². The van der Waals surface area contributed by atoms with E-state index in [1.54, 1.807) is 24.3 Å². The van der Waals surface area contributed by atoms with Gasteiger partial charge in [-0.3, -0.25) is 9.59 Å². The Kier molecular flexibility index (Phi) is 8.26. The number of nitrogens with zero attached hydrogens (tertiary/aromatic N) is 1. The molecule has 1 fully saturated rings. The predicted octanol–water partition coefficient (Wildman–Crippen LogP) is 3.70. The molecule has 2 amide bonds. The highest BCUT2D eigenvalue weighted by atomic mass is 32.2. The number of carbonyl (C=O) groups is 2. The first-order valence-electron chi connectivity index (χ1n) is 11.4. The molecule has 1 saturated heterocycles. The molecule has 2 aromatic rings. The molecule has 2 N–H and O–H groups in total. The van der Waals surface area contributed by atoms with Gasteiger partial charge in [-0.15, -0.1) is 0 Å². The van der Waals surface area contributed by atoms with Crippen LogP contribution in [0.4, 0.5) is 5.69 Å². The molecule has 1 aliphatic rings. The molecule has 2 aromatic carbocycles. The number of piperidine rings is 1. The molecule has 0 aliphatic carbocycles. The zero-order chi connectivity index (χ0) is 24.0. The van der Waals surface area contributed by atoms with Gasteiger partial charge in [0.25, 0.3) is 5.91 Å². The number of carbonyl (C=O) groups excluding carboxylic acids is 2. The lowest BCUT2D eigenvalue weighted by Crippen LogP contribution is -2.42. The fraction of sp³-hybridized carbons (Fsp3) is 0.440. The maximum absolute atomic E-state index is 12.9. The quantitative estimate of drug-likeness (QED) is 0.614. The second-order valence-electron chi connectivity index (χ2n) is 8.74. The fourth-order valence-electron chi connectivity index (χ4n) is 3.93. The number of hydrogen-bond acceptors (Lipinski definition) is 4. The zero-order valence-corrected chi connectivity index (χ0v) is 20.3. The average molecular weight is 472 g/mol. The van der Waals surface area contributed by atoms with Gasteiger partial charge >= 0.3 is 0 Å². The summed E-state index contributed by atoms with van der Waals surface area (Å²) < 4.78 is 27.2. The van der Waals surface area contributed by atoms with Gasteiger partial charge in [0.1, 0.15) is 0 Å². The van der Waals surface area contributed by atoms with Crippen molar-refractivity contribution in [2.24, 2.45) is 5.92 Å². The van der Waals surface area contributed by atoms with Gasteiger partial charge in [-0.2, -0.15) is 0 Å². The van der Waals surface area contributed by atoms with Crippen molar-refractivity contribution in [1.82, 2.24) is 9.62 Å². The van der Waals surface area contributed by atoms with Gasteiger partial charge in [-0.1, -0.05) is 48.9 Å². The van der Waals surface area contributed by atoms with Crippen LogP contribution in [0, 0.1) is 12.8 Å². The first-order valence-corrected chi connectivity index (χ1v) is 13.0. The van der Waals surface area contributed by atoms with E-state index in [1.807, 2.05) is 45.0 Å². The van der Waals surface area contributed by atoms with Gasteiger partial charge in [0, 0.05) is 25.0 Å². The first-order chi connectivity index (χ1) is 15.7. The van der Waals surface area contributed by atoms with Crippen LogP contribution in [0.2, 0.25) is 0 Å². The summed E-state index contributed by atoms with van der Waals surface area (Å²) in [6, 6.07) is 14.5. The highest BCUT2D eigenvalue weighted by Gasteiger charge is 2.31. The largest absolute Gasteiger partial charge is 0.350 e. The minimum atomic E-state index is -3.44. The molecule has 0 aromatic heterocycles. The standard InChI is InChI=1S/C25H33N3O4S/c1-4-19(3)26-25(30)22-10-5-6-11-23(22)27-24(29)21-12-14-28(15-13-21)33(31,32)17-20-9-7-8-18(2)16-20/h5-11,16,19,21H,4,12-15,17H2,1-3H3,(H,26,30)(H,27,29)/t19-/m0/s1. The lowest BCUT2D eigenvalue weighted by molar-refractivity contribution is -0.120. The SMILES string of the molecule is CC[C@H](C)NC(=O)c1ccccc1NC(=O)C1CCN(S(=O)(=O)Cc2cccc(C)c2)CC1. The number of anilines is 1. The minimum absolute atomic E-state index is 0.0346. The van der Waals surface area contributed by atoms with Crippen molar-refractivity contribution in [2.75, 3.05) is 18.4 Å². The molecule has 33 heavy (non-hydrogen) atoms. The number of para-hydroxylation sites is 1. The Morgan fingerprint density at radius 1 is 1.09 bits per heavy atom. The van der Waals surface area contributed by atoms with Crippen LogP contribution in [-0.2, 0) is 20.6 Å². The fourth-order valence-corrected chi connectivity index (χ4v) is 5.48. The topological polar surface area (TPSA) is 95.6 Å². The van der Waals surface area contributed by atoms with Crippen LogP contribution in [-0.4, -0.2) is 43.7 Å². The normalized spacial score (nSPS) is 16.2. The van der Waals surface area contributed by atoms with Gasteiger partial charge in [0.15, 0.2) is 0 Å². The molecule has 1 aliphatic heterocycles. The van der Waals surface area contributed by atoms with Gasteiger partial charge in [0.2, 0.25) is 15.9 Å². The van der Waals surface area contributed by atoms with Crippen LogP contribution in [0.5, 0.6) is 0 Å². The van der Waals surface area contributed by atoms with Crippen molar-refractivity contribution in [2.45, 2.75) is 51.8 Å². The first kappa shape index (κ1) is 24.9. The summed E-state index contributed by atoms with van der Waals surface area (Å²) in [4.78, 5) is 25.5. The zero-order valence-electron chi connectivity index (χ0n) is 19.5. The van der Waals surface area contributed by atoms with Crippen LogP contribution >= 0.6 is 0 Å². The van der Waals surface area contributed by atoms with Gasteiger partial charge in [-0.05, 0) is 50.8 Å². The molecular formula is C25H33N3O4S. The number of nitrogens with one attached hydrogen (secondary N) is 2. The highest BCUT2D eigenvalue weighted by Crippen LogP contribution is 2.24. The summed E-state index contributed by atoms with van der Waals surface area (Å²) in [5.74, 6) is -0.752. The summed E-state index contributed by atoms with van der Waals surface area (Å²) >= 11 is 0. The van der Waals surface area contributed by atoms with E-state index in [1.165, 1.54) is 4.31 Å². The molecule has 1 atom stereocenters. The smallest absolute Gasteiger partial charge is 0.253 e.